The fourth-order valence-electron chi connectivity index (χ4n) is 3.28. The molecule has 0 bridgehead atoms. The van der Waals surface area contributed by atoms with Gasteiger partial charge in [-0.25, -0.2) is 4.39 Å². The highest BCUT2D eigenvalue weighted by Gasteiger charge is 2.52. The van der Waals surface area contributed by atoms with Gasteiger partial charge >= 0.3 is 0 Å². The zero-order valence-electron chi connectivity index (χ0n) is 8.28. The average molecular weight is 198 g/mol. The van der Waals surface area contributed by atoms with E-state index in [2.05, 4.69) is 0 Å². The summed E-state index contributed by atoms with van der Waals surface area (Å²) in [5.41, 5.74) is 0. The number of fused-ring (bicyclic) bond motifs is 1. The van der Waals surface area contributed by atoms with Gasteiger partial charge in [-0.1, -0.05) is 13.3 Å². The van der Waals surface area contributed by atoms with Gasteiger partial charge in [0.2, 0.25) is 0 Å². The summed E-state index contributed by atoms with van der Waals surface area (Å²) in [6.45, 7) is 2.01. The minimum absolute atomic E-state index is 0.0126. The van der Waals surface area contributed by atoms with E-state index in [4.69, 9.17) is 0 Å². The summed E-state index contributed by atoms with van der Waals surface area (Å²) < 4.78 is 13.4. The van der Waals surface area contributed by atoms with E-state index in [0.717, 1.165) is 12.7 Å². The third-order valence-electron chi connectivity index (χ3n) is 3.96. The molecule has 0 aliphatic heterocycles. The number of alkyl halides is 1. The van der Waals surface area contributed by atoms with Crippen molar-refractivity contribution in [1.29, 1.82) is 0 Å². The van der Waals surface area contributed by atoms with Crippen molar-refractivity contribution >= 4 is 12.1 Å². The molecule has 0 amide bonds. The van der Waals surface area contributed by atoms with Crippen LogP contribution in [-0.2, 0) is 9.59 Å². The molecule has 2 aliphatic carbocycles. The quantitative estimate of drug-likeness (QED) is 0.634. The average Bonchev–Trinajstić information content (AvgIpc) is 2.65. The van der Waals surface area contributed by atoms with Crippen LogP contribution in [0.5, 0.6) is 0 Å². The number of Topliss-reactive ketones (excluding diaryl/α,β-unsaturated/α-hetero) is 1. The normalized spacial score (nSPS) is 46.7. The van der Waals surface area contributed by atoms with Gasteiger partial charge in [0.15, 0.2) is 12.0 Å². The van der Waals surface area contributed by atoms with Crippen LogP contribution in [0.15, 0.2) is 0 Å². The predicted octanol–water partition coefficient (Wildman–Crippen LogP) is 1.77. The Labute approximate surface area is 82.9 Å². The Kier molecular flexibility index (Phi) is 2.41. The molecule has 14 heavy (non-hydrogen) atoms. The van der Waals surface area contributed by atoms with E-state index in [-0.39, 0.29) is 29.5 Å². The molecule has 5 unspecified atom stereocenters. The van der Waals surface area contributed by atoms with E-state index >= 15 is 0 Å². The molecule has 0 aromatic rings. The first-order chi connectivity index (χ1) is 6.69. The Balaban J connectivity index is 2.19. The van der Waals surface area contributed by atoms with Crippen LogP contribution in [-0.4, -0.2) is 18.2 Å². The highest BCUT2D eigenvalue weighted by Crippen LogP contribution is 2.50. The molecule has 78 valence electrons. The Morgan fingerprint density at radius 1 is 1.50 bits per heavy atom. The molecular formula is C11H15FO2. The summed E-state index contributed by atoms with van der Waals surface area (Å²) in [4.78, 5) is 22.0. The highest BCUT2D eigenvalue weighted by atomic mass is 19.1. The second kappa shape index (κ2) is 3.44. The van der Waals surface area contributed by atoms with E-state index in [1.807, 2.05) is 6.92 Å². The lowest BCUT2D eigenvalue weighted by Crippen LogP contribution is -2.16. The maximum atomic E-state index is 13.4. The molecule has 2 fully saturated rings. The maximum absolute atomic E-state index is 13.4. The second-order valence-electron chi connectivity index (χ2n) is 4.51. The lowest BCUT2D eigenvalue weighted by atomic mass is 9.86. The fraction of sp³-hybridized carbons (Fsp3) is 0.818. The third kappa shape index (κ3) is 1.22. The van der Waals surface area contributed by atoms with Crippen molar-refractivity contribution < 1.29 is 14.0 Å². The van der Waals surface area contributed by atoms with E-state index in [1.54, 1.807) is 0 Å². The number of hydrogen-bond acceptors (Lipinski definition) is 2. The maximum Gasteiger partial charge on any atom is 0.167 e. The summed E-state index contributed by atoms with van der Waals surface area (Å²) in [6.07, 6.45) is 1.47. The lowest BCUT2D eigenvalue weighted by Gasteiger charge is -2.17. The summed E-state index contributed by atoms with van der Waals surface area (Å²) in [5.74, 6) is -0.0494. The molecule has 5 atom stereocenters. The molecule has 0 aromatic carbocycles. The zero-order chi connectivity index (χ0) is 10.3. The zero-order valence-corrected chi connectivity index (χ0v) is 8.28. The Hall–Kier alpha value is -0.730. The smallest absolute Gasteiger partial charge is 0.167 e. The first kappa shape index (κ1) is 9.81. The molecule has 2 nitrogen and oxygen atoms in total. The minimum atomic E-state index is -1.29. The van der Waals surface area contributed by atoms with Crippen molar-refractivity contribution in [3.05, 3.63) is 0 Å². The van der Waals surface area contributed by atoms with E-state index in [9.17, 15) is 14.0 Å². The molecule has 0 N–H and O–H groups in total. The lowest BCUT2D eigenvalue weighted by molar-refractivity contribution is -0.123. The molecule has 0 aromatic heterocycles. The molecular weight excluding hydrogens is 183 g/mol. The summed E-state index contributed by atoms with van der Waals surface area (Å²) in [6, 6.07) is 0. The van der Waals surface area contributed by atoms with E-state index < -0.39 is 6.17 Å². The van der Waals surface area contributed by atoms with Gasteiger partial charge in [-0.2, -0.15) is 0 Å². The van der Waals surface area contributed by atoms with Crippen LogP contribution in [0.3, 0.4) is 0 Å². The Morgan fingerprint density at radius 3 is 2.79 bits per heavy atom. The van der Waals surface area contributed by atoms with Gasteiger partial charge in [0.25, 0.3) is 0 Å². The number of rotatable bonds is 2. The third-order valence-corrected chi connectivity index (χ3v) is 3.96. The van der Waals surface area contributed by atoms with Crippen molar-refractivity contribution in [2.75, 3.05) is 0 Å². The minimum Gasteiger partial charge on any atom is -0.303 e. The number of ketones is 1. The first-order valence-corrected chi connectivity index (χ1v) is 5.31. The van der Waals surface area contributed by atoms with Crippen molar-refractivity contribution in [2.24, 2.45) is 23.7 Å². The highest BCUT2D eigenvalue weighted by molar-refractivity contribution is 5.86. The molecule has 0 spiro atoms. The fourth-order valence-corrected chi connectivity index (χ4v) is 3.28. The number of carbonyl (C=O) groups is 2. The molecule has 0 radical (unpaired) electrons. The number of halogens is 1. The van der Waals surface area contributed by atoms with E-state index in [0.29, 0.717) is 12.8 Å². The van der Waals surface area contributed by atoms with Crippen molar-refractivity contribution in [1.82, 2.24) is 0 Å². The van der Waals surface area contributed by atoms with Crippen LogP contribution in [0, 0.1) is 23.7 Å². The van der Waals surface area contributed by atoms with Crippen LogP contribution in [0.2, 0.25) is 0 Å². The van der Waals surface area contributed by atoms with Crippen LogP contribution in [0.25, 0.3) is 0 Å². The second-order valence-corrected chi connectivity index (χ2v) is 4.51. The van der Waals surface area contributed by atoms with Gasteiger partial charge in [-0.05, 0) is 18.3 Å². The summed E-state index contributed by atoms with van der Waals surface area (Å²) in [5, 5.41) is 0. The van der Waals surface area contributed by atoms with Gasteiger partial charge in [0.05, 0.1) is 0 Å². The van der Waals surface area contributed by atoms with Crippen molar-refractivity contribution in [3.63, 3.8) is 0 Å². The number of carbonyl (C=O) groups excluding carboxylic acids is 2. The van der Waals surface area contributed by atoms with Crippen LogP contribution in [0.4, 0.5) is 4.39 Å². The van der Waals surface area contributed by atoms with Gasteiger partial charge < -0.3 is 4.79 Å². The van der Waals surface area contributed by atoms with Crippen molar-refractivity contribution in [3.8, 4) is 0 Å². The van der Waals surface area contributed by atoms with Crippen LogP contribution < -0.4 is 0 Å². The predicted molar refractivity (Wildman–Crippen MR) is 49.5 cm³/mol. The Morgan fingerprint density at radius 2 is 2.21 bits per heavy atom. The van der Waals surface area contributed by atoms with E-state index in [1.165, 1.54) is 0 Å². The standard InChI is InChI=1S/C11H15FO2/c1-2-7-6(5-13)3-9-8(7)4-10(14)11(9)12/h5-9,11H,2-4H2,1H3. The molecule has 0 saturated heterocycles. The first-order valence-electron chi connectivity index (χ1n) is 5.31. The summed E-state index contributed by atoms with van der Waals surface area (Å²) >= 11 is 0. The van der Waals surface area contributed by atoms with Gasteiger partial charge in [-0.15, -0.1) is 0 Å². The molecule has 0 heterocycles. The van der Waals surface area contributed by atoms with Gasteiger partial charge in [0, 0.05) is 18.3 Å². The van der Waals surface area contributed by atoms with Crippen LogP contribution in [0.1, 0.15) is 26.2 Å². The largest absolute Gasteiger partial charge is 0.303 e. The SMILES string of the molecule is CCC1C(C=O)CC2C(F)C(=O)CC12. The van der Waals surface area contributed by atoms with Gasteiger partial charge in [-0.3, -0.25) is 4.79 Å². The van der Waals surface area contributed by atoms with Crippen LogP contribution >= 0.6 is 0 Å². The van der Waals surface area contributed by atoms with Crippen molar-refractivity contribution in [2.45, 2.75) is 32.4 Å². The molecule has 2 rings (SSSR count). The summed E-state index contributed by atoms with van der Waals surface area (Å²) in [7, 11) is 0. The Bertz CT molecular complexity index is 262. The molecule has 2 aliphatic rings. The van der Waals surface area contributed by atoms with Gasteiger partial charge in [0.1, 0.15) is 6.29 Å². The number of aldehydes is 1. The molecule has 3 heteroatoms. The monoisotopic (exact) mass is 198 g/mol. The molecule has 2 saturated carbocycles. The topological polar surface area (TPSA) is 34.1 Å². The number of hydrogen-bond donors (Lipinski definition) is 0.